The van der Waals surface area contributed by atoms with Crippen LogP contribution in [0.25, 0.3) is 0 Å². The third kappa shape index (κ3) is 4.64. The Morgan fingerprint density at radius 2 is 1.79 bits per heavy atom. The van der Waals surface area contributed by atoms with Gasteiger partial charge in [-0.05, 0) is 30.4 Å². The van der Waals surface area contributed by atoms with Gasteiger partial charge in [0.15, 0.2) is 4.77 Å². The molecule has 5 heteroatoms. The predicted octanol–water partition coefficient (Wildman–Crippen LogP) is 2.88. The molecule has 0 bridgehead atoms. The fourth-order valence-electron chi connectivity index (χ4n) is 0.682. The quantitative estimate of drug-likeness (QED) is 0.675. The maximum atomic E-state index is 4.79. The van der Waals surface area contributed by atoms with E-state index < -0.39 is 0 Å². The Morgan fingerprint density at radius 1 is 1.07 bits per heavy atom. The molecular formula is C9H9N3S2. The Bertz CT molecular complexity index is 395. The van der Waals surface area contributed by atoms with Crippen LogP contribution in [-0.2, 0) is 0 Å². The zero-order valence-corrected chi connectivity index (χ0v) is 8.94. The van der Waals surface area contributed by atoms with Crippen molar-refractivity contribution in [3.8, 4) is 0 Å². The number of H-pyrrole nitrogens is 2. The van der Waals surface area contributed by atoms with Gasteiger partial charge in [-0.1, -0.05) is 12.2 Å². The molecule has 0 atom stereocenters. The highest BCUT2D eigenvalue weighted by Gasteiger charge is 1.66. The van der Waals surface area contributed by atoms with Crippen LogP contribution in [-0.4, -0.2) is 15.0 Å². The van der Waals surface area contributed by atoms with Crippen LogP contribution in [0.5, 0.6) is 0 Å². The molecule has 0 fully saturated rings. The molecule has 14 heavy (non-hydrogen) atoms. The van der Waals surface area contributed by atoms with E-state index in [0.717, 1.165) is 4.51 Å². The molecule has 0 amide bonds. The summed E-state index contributed by atoms with van der Waals surface area (Å²) in [5, 5.41) is 0. The number of aromatic nitrogens is 3. The number of hydrogen-bond donors (Lipinski definition) is 2. The summed E-state index contributed by atoms with van der Waals surface area (Å²) in [5.74, 6) is 0. The minimum absolute atomic E-state index is 0.530. The molecule has 2 N–H and O–H groups in total. The Labute approximate surface area is 91.9 Å². The van der Waals surface area contributed by atoms with Crippen LogP contribution in [0.4, 0.5) is 0 Å². The summed E-state index contributed by atoms with van der Waals surface area (Å²) in [6.45, 7) is 0. The Morgan fingerprint density at radius 3 is 2.07 bits per heavy atom. The van der Waals surface area contributed by atoms with E-state index in [-0.39, 0.29) is 0 Å². The number of nitrogens with one attached hydrogen (secondary N) is 2. The van der Waals surface area contributed by atoms with Crippen LogP contribution in [0.3, 0.4) is 0 Å². The Balaban J connectivity index is 0.000000140. The second-order valence-corrected chi connectivity index (χ2v) is 3.18. The van der Waals surface area contributed by atoms with Gasteiger partial charge in [0.2, 0.25) is 0 Å². The van der Waals surface area contributed by atoms with E-state index >= 15 is 0 Å². The van der Waals surface area contributed by atoms with E-state index in [1.54, 1.807) is 18.5 Å². The summed E-state index contributed by atoms with van der Waals surface area (Å²) in [7, 11) is 0. The van der Waals surface area contributed by atoms with Gasteiger partial charge in [-0.15, -0.1) is 0 Å². The first-order valence-electron chi connectivity index (χ1n) is 3.92. The first-order chi connectivity index (χ1) is 6.79. The van der Waals surface area contributed by atoms with Crippen molar-refractivity contribution in [3.63, 3.8) is 0 Å². The van der Waals surface area contributed by atoms with Crippen molar-refractivity contribution in [2.24, 2.45) is 0 Å². The van der Waals surface area contributed by atoms with Crippen molar-refractivity contribution in [2.75, 3.05) is 0 Å². The molecule has 0 saturated heterocycles. The van der Waals surface area contributed by atoms with Crippen molar-refractivity contribution in [1.82, 2.24) is 15.0 Å². The molecule has 0 unspecified atom stereocenters. The van der Waals surface area contributed by atoms with E-state index in [9.17, 15) is 0 Å². The van der Waals surface area contributed by atoms with E-state index in [0.29, 0.717) is 4.77 Å². The van der Waals surface area contributed by atoms with E-state index in [1.807, 2.05) is 24.5 Å². The van der Waals surface area contributed by atoms with Gasteiger partial charge >= 0.3 is 0 Å². The third-order valence-corrected chi connectivity index (χ3v) is 1.76. The minimum atomic E-state index is 0.530. The lowest BCUT2D eigenvalue weighted by Crippen LogP contribution is -1.72. The zero-order valence-electron chi connectivity index (χ0n) is 7.31. The number of hydrogen-bond acceptors (Lipinski definition) is 3. The fourth-order valence-corrected chi connectivity index (χ4v) is 0.947. The molecular weight excluding hydrogens is 214 g/mol. The van der Waals surface area contributed by atoms with Crippen LogP contribution in [0.1, 0.15) is 0 Å². The van der Waals surface area contributed by atoms with Crippen LogP contribution in [0.2, 0.25) is 0 Å². The van der Waals surface area contributed by atoms with E-state index in [4.69, 9.17) is 12.2 Å². The fraction of sp³-hybridized carbons (Fsp3) is 0. The lowest BCUT2D eigenvalue weighted by molar-refractivity contribution is 1.13. The van der Waals surface area contributed by atoms with Gasteiger partial charge < -0.3 is 9.97 Å². The normalized spacial score (nSPS) is 8.57. The molecule has 0 spiro atoms. The van der Waals surface area contributed by atoms with Gasteiger partial charge in [-0.3, -0.25) is 0 Å². The highest BCUT2D eigenvalue weighted by Crippen LogP contribution is 1.82. The molecule has 3 nitrogen and oxygen atoms in total. The first kappa shape index (κ1) is 10.7. The molecule has 0 saturated carbocycles. The molecule has 0 aliphatic carbocycles. The highest BCUT2D eigenvalue weighted by atomic mass is 32.1. The van der Waals surface area contributed by atoms with Gasteiger partial charge in [0.25, 0.3) is 0 Å². The lowest BCUT2D eigenvalue weighted by atomic mass is 10.5. The van der Waals surface area contributed by atoms with Gasteiger partial charge in [-0.2, -0.15) is 0 Å². The minimum Gasteiger partial charge on any atom is -0.368 e. The molecule has 72 valence electrons. The summed E-state index contributed by atoms with van der Waals surface area (Å²) in [5.41, 5.74) is 0. The van der Waals surface area contributed by atoms with Crippen LogP contribution in [0, 0.1) is 9.28 Å². The molecule has 0 aliphatic heterocycles. The standard InChI is InChI=1S/C5H5NS.C4H4N2S/c7-5-1-3-6-4-2-5;7-4-5-2-1-3-6-4/h1-4H,(H,6,7);1-3H,(H,5,6,7). The lowest BCUT2D eigenvalue weighted by Gasteiger charge is -1.75. The van der Waals surface area contributed by atoms with Crippen LogP contribution in [0.15, 0.2) is 43.0 Å². The van der Waals surface area contributed by atoms with Gasteiger partial charge in [0.05, 0.1) is 0 Å². The number of nitrogens with zero attached hydrogens (tertiary/aromatic N) is 1. The summed E-state index contributed by atoms with van der Waals surface area (Å²) in [4.78, 5) is 9.34. The third-order valence-electron chi connectivity index (χ3n) is 1.27. The topological polar surface area (TPSA) is 44.5 Å². The number of rotatable bonds is 0. The van der Waals surface area contributed by atoms with E-state index in [2.05, 4.69) is 27.2 Å². The smallest absolute Gasteiger partial charge is 0.196 e. The number of aromatic amines is 2. The van der Waals surface area contributed by atoms with E-state index in [1.165, 1.54) is 0 Å². The summed E-state index contributed by atoms with van der Waals surface area (Å²) in [6, 6.07) is 5.47. The average Bonchev–Trinajstić information content (AvgIpc) is 2.21. The molecule has 0 aromatic carbocycles. The monoisotopic (exact) mass is 223 g/mol. The SMILES string of the molecule is S=c1cc[nH]cc1.S=c1nccc[nH]1. The molecule has 2 aromatic rings. The summed E-state index contributed by atoms with van der Waals surface area (Å²) < 4.78 is 1.40. The predicted molar refractivity (Wildman–Crippen MR) is 61.0 cm³/mol. The molecule has 2 aromatic heterocycles. The van der Waals surface area contributed by atoms with Gasteiger partial charge in [0.1, 0.15) is 0 Å². The largest absolute Gasteiger partial charge is 0.368 e. The maximum Gasteiger partial charge on any atom is 0.196 e. The Kier molecular flexibility index (Phi) is 4.74. The van der Waals surface area contributed by atoms with Crippen LogP contribution < -0.4 is 0 Å². The summed E-state index contributed by atoms with van der Waals surface area (Å²) >= 11 is 9.44. The van der Waals surface area contributed by atoms with Crippen molar-refractivity contribution in [3.05, 3.63) is 52.3 Å². The van der Waals surface area contributed by atoms with Gasteiger partial charge in [0, 0.05) is 29.3 Å². The molecule has 2 rings (SSSR count). The van der Waals surface area contributed by atoms with Crippen LogP contribution >= 0.6 is 24.4 Å². The highest BCUT2D eigenvalue weighted by molar-refractivity contribution is 7.71. The zero-order chi connectivity index (χ0) is 10.2. The van der Waals surface area contributed by atoms with Crippen molar-refractivity contribution < 1.29 is 0 Å². The average molecular weight is 223 g/mol. The Hall–Kier alpha value is -1.33. The van der Waals surface area contributed by atoms with Gasteiger partial charge in [-0.25, -0.2) is 4.98 Å². The molecule has 0 aliphatic rings. The second kappa shape index (κ2) is 6.17. The number of pyridine rings is 1. The molecule has 2 heterocycles. The second-order valence-electron chi connectivity index (χ2n) is 2.32. The van der Waals surface area contributed by atoms with Crippen molar-refractivity contribution in [1.29, 1.82) is 0 Å². The molecule has 0 radical (unpaired) electrons. The van der Waals surface area contributed by atoms with Crippen molar-refractivity contribution >= 4 is 24.4 Å². The summed E-state index contributed by atoms with van der Waals surface area (Å²) in [6.07, 6.45) is 7.01. The maximum absolute atomic E-state index is 4.79. The van der Waals surface area contributed by atoms with Crippen molar-refractivity contribution in [2.45, 2.75) is 0 Å². The first-order valence-corrected chi connectivity index (χ1v) is 4.73.